The van der Waals surface area contributed by atoms with Crippen LogP contribution in [0.2, 0.25) is 0 Å². The number of carbonyl (C=O) groups excluding carboxylic acids is 3. The highest BCUT2D eigenvalue weighted by Crippen LogP contribution is 2.50. The van der Waals surface area contributed by atoms with Crippen molar-refractivity contribution >= 4 is 17.8 Å². The molecule has 0 spiro atoms. The van der Waals surface area contributed by atoms with Gasteiger partial charge in [0.1, 0.15) is 11.3 Å². The average molecular weight is 481 g/mol. The lowest BCUT2D eigenvalue weighted by Gasteiger charge is -2.29. The quantitative estimate of drug-likeness (QED) is 0.497. The van der Waals surface area contributed by atoms with Crippen molar-refractivity contribution in [2.24, 2.45) is 11.8 Å². The minimum Gasteiger partial charge on any atom is -0.496 e. The maximum absolute atomic E-state index is 13.3. The first kappa shape index (κ1) is 23.2. The van der Waals surface area contributed by atoms with Crippen LogP contribution in [-0.4, -0.2) is 55.3 Å². The van der Waals surface area contributed by atoms with Gasteiger partial charge in [0.15, 0.2) is 11.5 Å². The van der Waals surface area contributed by atoms with Gasteiger partial charge in [-0.05, 0) is 50.1 Å². The summed E-state index contributed by atoms with van der Waals surface area (Å²) >= 11 is 0. The Morgan fingerprint density at radius 3 is 2.60 bits per heavy atom. The zero-order chi connectivity index (χ0) is 24.9. The van der Waals surface area contributed by atoms with Crippen molar-refractivity contribution in [3.8, 4) is 28.4 Å². The second-order valence-corrected chi connectivity index (χ2v) is 9.00. The van der Waals surface area contributed by atoms with E-state index in [1.165, 1.54) is 4.90 Å². The molecule has 1 N–H and O–H groups in total. The summed E-state index contributed by atoms with van der Waals surface area (Å²) in [6.45, 7) is 5.73. The molecule has 5 rings (SSSR count). The number of methoxy groups -OCH3 is 1. The summed E-state index contributed by atoms with van der Waals surface area (Å²) in [6.07, 6.45) is 0. The molecule has 0 unspecified atom stereocenters. The van der Waals surface area contributed by atoms with Gasteiger partial charge < -0.3 is 18.9 Å². The van der Waals surface area contributed by atoms with E-state index in [2.05, 4.69) is 5.32 Å². The molecule has 0 radical (unpaired) electrons. The first-order valence-corrected chi connectivity index (χ1v) is 11.7. The summed E-state index contributed by atoms with van der Waals surface area (Å²) < 4.78 is 21.9. The Hall–Kier alpha value is -3.59. The molecule has 35 heavy (non-hydrogen) atoms. The summed E-state index contributed by atoms with van der Waals surface area (Å²) in [5.41, 5.74) is 1.14. The molecule has 0 saturated carbocycles. The van der Waals surface area contributed by atoms with Crippen LogP contribution >= 0.6 is 0 Å². The van der Waals surface area contributed by atoms with Crippen LogP contribution in [0.3, 0.4) is 0 Å². The van der Waals surface area contributed by atoms with Gasteiger partial charge in [0.25, 0.3) is 0 Å². The first-order chi connectivity index (χ1) is 16.8. The number of likely N-dealkylation sites (tertiary alicyclic amines) is 1. The van der Waals surface area contributed by atoms with E-state index in [-0.39, 0.29) is 31.8 Å². The third kappa shape index (κ3) is 3.44. The molecule has 0 bridgehead atoms. The third-order valence-corrected chi connectivity index (χ3v) is 7.16. The summed E-state index contributed by atoms with van der Waals surface area (Å²) in [5.74, 6) is -0.808. The number of nitrogens with zero attached hydrogens (tertiary/aromatic N) is 1. The molecule has 4 atom stereocenters. The number of carbonyl (C=O) groups is 3. The number of hydrogen-bond acceptors (Lipinski definition) is 8. The van der Waals surface area contributed by atoms with Crippen LogP contribution in [0.5, 0.6) is 17.2 Å². The number of esters is 1. The van der Waals surface area contributed by atoms with Crippen molar-refractivity contribution in [1.82, 2.24) is 10.2 Å². The maximum Gasteiger partial charge on any atom is 0.326 e. The second kappa shape index (κ2) is 8.57. The van der Waals surface area contributed by atoms with Crippen LogP contribution in [0, 0.1) is 11.8 Å². The number of fused-ring (bicyclic) bond motifs is 2. The molecule has 3 heterocycles. The van der Waals surface area contributed by atoms with Crippen LogP contribution in [0.1, 0.15) is 32.4 Å². The Balaban J connectivity index is 1.55. The predicted octanol–water partition coefficient (Wildman–Crippen LogP) is 2.68. The molecule has 0 aliphatic carbocycles. The normalized spacial score (nSPS) is 26.7. The van der Waals surface area contributed by atoms with E-state index in [1.54, 1.807) is 27.9 Å². The van der Waals surface area contributed by atoms with Gasteiger partial charge in [0.05, 0.1) is 25.6 Å². The van der Waals surface area contributed by atoms with Crippen molar-refractivity contribution in [2.45, 2.75) is 32.4 Å². The van der Waals surface area contributed by atoms with Crippen LogP contribution in [-0.2, 0) is 19.1 Å². The standard InChI is InChI=1S/C26H28N2O7/c1-5-28-23(29)20-21(24(28)30)26(3,25(31)33-6-2)27-22(20)15-7-9-16(18(12-15)32-4)14-8-10-17-19(11-14)35-13-34-17/h7-12,20-22,27H,5-6,13H2,1-4H3/t20-,21-,22-,26-/m1/s1. The summed E-state index contributed by atoms with van der Waals surface area (Å²) in [7, 11) is 1.58. The molecule has 3 aliphatic rings. The number of benzene rings is 2. The van der Waals surface area contributed by atoms with E-state index in [0.717, 1.165) is 16.7 Å². The minimum absolute atomic E-state index is 0.176. The fraction of sp³-hybridized carbons (Fsp3) is 0.423. The molecule has 184 valence electrons. The topological polar surface area (TPSA) is 103 Å². The third-order valence-electron chi connectivity index (χ3n) is 7.16. The highest BCUT2D eigenvalue weighted by Gasteiger charge is 2.66. The molecule has 2 fully saturated rings. The molecule has 0 aromatic heterocycles. The predicted molar refractivity (Wildman–Crippen MR) is 125 cm³/mol. The largest absolute Gasteiger partial charge is 0.496 e. The Morgan fingerprint density at radius 1 is 1.11 bits per heavy atom. The van der Waals surface area contributed by atoms with Gasteiger partial charge in [0, 0.05) is 18.2 Å². The zero-order valence-corrected chi connectivity index (χ0v) is 20.1. The number of ether oxygens (including phenoxy) is 4. The molecule has 3 aliphatic heterocycles. The molecular formula is C26H28N2O7. The van der Waals surface area contributed by atoms with Gasteiger partial charge in [-0.2, -0.15) is 0 Å². The Morgan fingerprint density at radius 2 is 1.89 bits per heavy atom. The van der Waals surface area contributed by atoms with Gasteiger partial charge in [-0.3, -0.25) is 24.6 Å². The van der Waals surface area contributed by atoms with Crippen LogP contribution in [0.15, 0.2) is 36.4 Å². The van der Waals surface area contributed by atoms with Crippen molar-refractivity contribution in [1.29, 1.82) is 0 Å². The number of amides is 2. The minimum atomic E-state index is -1.33. The molecular weight excluding hydrogens is 452 g/mol. The highest BCUT2D eigenvalue weighted by molar-refractivity contribution is 6.09. The highest BCUT2D eigenvalue weighted by atomic mass is 16.7. The van der Waals surface area contributed by atoms with Gasteiger partial charge in [-0.25, -0.2) is 0 Å². The van der Waals surface area contributed by atoms with E-state index < -0.39 is 29.4 Å². The van der Waals surface area contributed by atoms with Crippen LogP contribution < -0.4 is 19.5 Å². The lowest BCUT2D eigenvalue weighted by molar-refractivity contribution is -0.155. The Kier molecular flexibility index (Phi) is 5.67. The number of hydrogen-bond donors (Lipinski definition) is 1. The lowest BCUT2D eigenvalue weighted by Crippen LogP contribution is -2.54. The fourth-order valence-corrected chi connectivity index (χ4v) is 5.47. The number of imide groups is 1. The van der Waals surface area contributed by atoms with E-state index >= 15 is 0 Å². The molecule has 2 amide bonds. The monoisotopic (exact) mass is 480 g/mol. The fourth-order valence-electron chi connectivity index (χ4n) is 5.47. The van der Waals surface area contributed by atoms with Crippen molar-refractivity contribution in [3.63, 3.8) is 0 Å². The van der Waals surface area contributed by atoms with Gasteiger partial charge in [-0.1, -0.05) is 18.2 Å². The van der Waals surface area contributed by atoms with E-state index in [9.17, 15) is 14.4 Å². The zero-order valence-electron chi connectivity index (χ0n) is 20.1. The summed E-state index contributed by atoms with van der Waals surface area (Å²) in [6, 6.07) is 10.7. The lowest BCUT2D eigenvalue weighted by atomic mass is 9.80. The molecule has 2 saturated heterocycles. The van der Waals surface area contributed by atoms with E-state index in [0.29, 0.717) is 17.2 Å². The number of rotatable bonds is 6. The average Bonchev–Trinajstić information content (AvgIpc) is 3.52. The Labute approximate surface area is 203 Å². The Bertz CT molecular complexity index is 1210. The smallest absolute Gasteiger partial charge is 0.326 e. The second-order valence-electron chi connectivity index (χ2n) is 9.00. The molecule has 2 aromatic carbocycles. The summed E-state index contributed by atoms with van der Waals surface area (Å²) in [4.78, 5) is 40.7. The molecule has 9 nitrogen and oxygen atoms in total. The van der Waals surface area contributed by atoms with Crippen molar-refractivity contribution in [3.05, 3.63) is 42.0 Å². The van der Waals surface area contributed by atoms with Crippen molar-refractivity contribution < 1.29 is 33.3 Å². The van der Waals surface area contributed by atoms with Crippen molar-refractivity contribution in [2.75, 3.05) is 27.1 Å². The molecule has 9 heteroatoms. The first-order valence-electron chi connectivity index (χ1n) is 11.7. The summed E-state index contributed by atoms with van der Waals surface area (Å²) in [5, 5.41) is 3.29. The maximum atomic E-state index is 13.3. The van der Waals surface area contributed by atoms with E-state index in [4.69, 9.17) is 18.9 Å². The number of nitrogens with one attached hydrogen (secondary N) is 1. The van der Waals surface area contributed by atoms with Crippen LogP contribution in [0.4, 0.5) is 0 Å². The van der Waals surface area contributed by atoms with Crippen LogP contribution in [0.25, 0.3) is 11.1 Å². The van der Waals surface area contributed by atoms with Gasteiger partial charge >= 0.3 is 5.97 Å². The molecule has 2 aromatic rings. The van der Waals surface area contributed by atoms with Gasteiger partial charge in [-0.15, -0.1) is 0 Å². The van der Waals surface area contributed by atoms with Gasteiger partial charge in [0.2, 0.25) is 18.6 Å². The SMILES string of the molecule is CCOC(=O)[C@]1(C)N[C@H](c2ccc(-c3ccc4c(c3)OCO4)c(OC)c2)[C@@H]2C(=O)N(CC)C(=O)[C@@H]21. The van der Waals surface area contributed by atoms with E-state index in [1.807, 2.05) is 36.4 Å².